The van der Waals surface area contributed by atoms with Gasteiger partial charge in [-0.25, -0.2) is 4.79 Å². The second-order valence-corrected chi connectivity index (χ2v) is 1.34. The van der Waals surface area contributed by atoms with Crippen molar-refractivity contribution >= 4 is 12.3 Å². The lowest BCUT2D eigenvalue weighted by Gasteiger charge is -1.87. The Morgan fingerprint density at radius 3 is 2.89 bits per heavy atom. The highest BCUT2D eigenvalue weighted by molar-refractivity contribution is 5.91. The first-order valence-corrected chi connectivity index (χ1v) is 2.45. The molecule has 0 aromatic carbocycles. The van der Waals surface area contributed by atoms with E-state index in [1.165, 1.54) is 6.08 Å². The van der Waals surface area contributed by atoms with E-state index in [1.54, 1.807) is 13.0 Å². The van der Waals surface area contributed by atoms with Gasteiger partial charge in [0.15, 0.2) is 12.4 Å². The van der Waals surface area contributed by atoms with Crippen molar-refractivity contribution in [1.29, 1.82) is 0 Å². The molecule has 0 rings (SSSR count). The fourth-order valence-corrected chi connectivity index (χ4v) is 0.335. The first-order chi connectivity index (χ1) is 4.31. The summed E-state index contributed by atoms with van der Waals surface area (Å²) in [4.78, 5) is 19.8. The van der Waals surface area contributed by atoms with Crippen LogP contribution in [-0.2, 0) is 14.3 Å². The molecule has 0 aliphatic heterocycles. The number of carbonyl (C=O) groups is 1. The summed E-state index contributed by atoms with van der Waals surface area (Å²) >= 11 is 0. The van der Waals surface area contributed by atoms with E-state index in [0.717, 1.165) is 6.47 Å². The smallest absolute Gasteiger partial charge is 0.417 e. The Labute approximate surface area is 53.3 Å². The third-order valence-electron chi connectivity index (χ3n) is 0.626. The van der Waals surface area contributed by atoms with Crippen LogP contribution in [0.1, 0.15) is 6.92 Å². The summed E-state index contributed by atoms with van der Waals surface area (Å²) in [6.07, 6.45) is 2.91. The Morgan fingerprint density at radius 1 is 1.78 bits per heavy atom. The zero-order valence-electron chi connectivity index (χ0n) is 5.09. The van der Waals surface area contributed by atoms with Crippen LogP contribution in [0.3, 0.4) is 0 Å². The third-order valence-corrected chi connectivity index (χ3v) is 0.626. The highest BCUT2D eigenvalue weighted by atomic mass is 16.5. The van der Waals surface area contributed by atoms with Crippen molar-refractivity contribution in [2.45, 2.75) is 6.92 Å². The molecule has 0 aliphatic rings. The molecule has 0 aromatic heterocycles. The molecule has 3 heteroatoms. The fraction of sp³-hybridized carbons (Fsp3) is 0.333. The van der Waals surface area contributed by atoms with Crippen LogP contribution in [0, 0.1) is 0 Å². The summed E-state index contributed by atoms with van der Waals surface area (Å²) in [6.45, 7) is 2.65. The molecule has 0 saturated carbocycles. The minimum absolute atomic E-state index is 0.214. The van der Waals surface area contributed by atoms with Crippen LogP contribution in [0.5, 0.6) is 0 Å². The van der Waals surface area contributed by atoms with Gasteiger partial charge in [-0.3, -0.25) is 4.79 Å². The first-order valence-electron chi connectivity index (χ1n) is 2.45. The average molecular weight is 127 g/mol. The van der Waals surface area contributed by atoms with Crippen molar-refractivity contribution in [3.8, 4) is 0 Å². The number of carbonyl (C=O) groups excluding carboxylic acids is 2. The van der Waals surface area contributed by atoms with E-state index in [1.807, 2.05) is 0 Å². The Bertz CT molecular complexity index is 126. The molecule has 1 radical (unpaired) electrons. The Hall–Kier alpha value is -1.12. The number of allylic oxidation sites excluding steroid dienone is 1. The van der Waals surface area contributed by atoms with E-state index < -0.39 is 0 Å². The molecule has 0 bridgehead atoms. The SMILES string of the molecule is C/C=C/C(=O)CO[C]=O. The van der Waals surface area contributed by atoms with Crippen molar-refractivity contribution in [2.24, 2.45) is 0 Å². The zero-order chi connectivity index (χ0) is 7.11. The van der Waals surface area contributed by atoms with Crippen molar-refractivity contribution in [3.05, 3.63) is 12.2 Å². The van der Waals surface area contributed by atoms with Gasteiger partial charge in [0.25, 0.3) is 0 Å². The van der Waals surface area contributed by atoms with Gasteiger partial charge in [0.2, 0.25) is 0 Å². The van der Waals surface area contributed by atoms with Crippen molar-refractivity contribution in [1.82, 2.24) is 0 Å². The maximum absolute atomic E-state index is 10.4. The van der Waals surface area contributed by atoms with Gasteiger partial charge in [-0.1, -0.05) is 6.08 Å². The fourth-order valence-electron chi connectivity index (χ4n) is 0.335. The van der Waals surface area contributed by atoms with Gasteiger partial charge >= 0.3 is 6.47 Å². The van der Waals surface area contributed by atoms with E-state index in [0.29, 0.717) is 0 Å². The van der Waals surface area contributed by atoms with Gasteiger partial charge in [-0.15, -0.1) is 0 Å². The lowest BCUT2D eigenvalue weighted by atomic mass is 10.4. The summed E-state index contributed by atoms with van der Waals surface area (Å²) in [5.41, 5.74) is 0. The van der Waals surface area contributed by atoms with Crippen LogP contribution in [0.2, 0.25) is 0 Å². The highest BCUT2D eigenvalue weighted by Gasteiger charge is 1.92. The molecule has 9 heavy (non-hydrogen) atoms. The molecule has 0 aliphatic carbocycles. The van der Waals surface area contributed by atoms with E-state index in [-0.39, 0.29) is 12.4 Å². The van der Waals surface area contributed by atoms with Crippen LogP contribution in [0.15, 0.2) is 12.2 Å². The molecule has 0 heterocycles. The zero-order valence-corrected chi connectivity index (χ0v) is 5.09. The largest absolute Gasteiger partial charge is 0.449 e. The molecule has 0 amide bonds. The van der Waals surface area contributed by atoms with Crippen molar-refractivity contribution in [2.75, 3.05) is 6.61 Å². The molecule has 49 valence electrons. The van der Waals surface area contributed by atoms with E-state index in [2.05, 4.69) is 4.74 Å². The number of rotatable bonds is 4. The highest BCUT2D eigenvalue weighted by Crippen LogP contribution is 1.76. The van der Waals surface area contributed by atoms with Gasteiger partial charge in [-0.2, -0.15) is 0 Å². The van der Waals surface area contributed by atoms with E-state index in [9.17, 15) is 9.59 Å². The van der Waals surface area contributed by atoms with Gasteiger partial charge in [0.05, 0.1) is 0 Å². The predicted octanol–water partition coefficient (Wildman–Crippen LogP) is 0.215. The summed E-state index contributed by atoms with van der Waals surface area (Å²) in [7, 11) is 0. The van der Waals surface area contributed by atoms with Gasteiger partial charge in [0.1, 0.15) is 0 Å². The van der Waals surface area contributed by atoms with Crippen LogP contribution in [-0.4, -0.2) is 18.9 Å². The third kappa shape index (κ3) is 4.74. The lowest BCUT2D eigenvalue weighted by Crippen LogP contribution is -2.03. The van der Waals surface area contributed by atoms with Crippen LogP contribution in [0.25, 0.3) is 0 Å². The normalized spacial score (nSPS) is 9.44. The minimum atomic E-state index is -0.235. The molecule has 0 aromatic rings. The molecule has 0 unspecified atom stereocenters. The topological polar surface area (TPSA) is 43.4 Å². The molecule has 0 N–H and O–H groups in total. The van der Waals surface area contributed by atoms with E-state index >= 15 is 0 Å². The average Bonchev–Trinajstić information content (AvgIpc) is 1.85. The Morgan fingerprint density at radius 2 is 2.44 bits per heavy atom. The predicted molar refractivity (Wildman–Crippen MR) is 31.5 cm³/mol. The number of hydrogen-bond acceptors (Lipinski definition) is 3. The second-order valence-electron chi connectivity index (χ2n) is 1.34. The summed E-state index contributed by atoms with van der Waals surface area (Å²) in [6, 6.07) is 0. The van der Waals surface area contributed by atoms with E-state index in [4.69, 9.17) is 0 Å². The van der Waals surface area contributed by atoms with Crippen molar-refractivity contribution < 1.29 is 14.3 Å². The van der Waals surface area contributed by atoms with Crippen LogP contribution < -0.4 is 0 Å². The van der Waals surface area contributed by atoms with Gasteiger partial charge < -0.3 is 4.74 Å². The molecular weight excluding hydrogens is 120 g/mol. The summed E-state index contributed by atoms with van der Waals surface area (Å²) < 4.78 is 4.04. The summed E-state index contributed by atoms with van der Waals surface area (Å²) in [5.74, 6) is -0.235. The van der Waals surface area contributed by atoms with Crippen molar-refractivity contribution in [3.63, 3.8) is 0 Å². The Kier molecular flexibility index (Phi) is 4.40. The quantitative estimate of drug-likeness (QED) is 0.507. The molecule has 3 nitrogen and oxygen atoms in total. The number of hydrogen-bond donors (Lipinski definition) is 0. The number of ether oxygens (including phenoxy) is 1. The Balaban J connectivity index is 3.38. The first kappa shape index (κ1) is 7.88. The molecule has 0 spiro atoms. The minimum Gasteiger partial charge on any atom is -0.449 e. The molecule has 0 saturated heterocycles. The summed E-state index contributed by atoms with van der Waals surface area (Å²) in [5, 5.41) is 0. The second kappa shape index (κ2) is 5.03. The molecule has 0 atom stereocenters. The standard InChI is InChI=1S/C6H7O3/c1-2-3-6(8)4-9-5-7/h2-3H,4H2,1H3/b3-2+. The van der Waals surface area contributed by atoms with Crippen LogP contribution in [0.4, 0.5) is 0 Å². The monoisotopic (exact) mass is 127 g/mol. The maximum atomic E-state index is 10.4. The lowest BCUT2D eigenvalue weighted by molar-refractivity contribution is -0.116. The van der Waals surface area contributed by atoms with Gasteiger partial charge in [0, 0.05) is 0 Å². The number of ketones is 1. The molecule has 0 fully saturated rings. The molecular formula is C6H7O3. The van der Waals surface area contributed by atoms with Gasteiger partial charge in [-0.05, 0) is 13.0 Å². The van der Waals surface area contributed by atoms with Crippen LogP contribution >= 0.6 is 0 Å². The maximum Gasteiger partial charge on any atom is 0.417 e.